The van der Waals surface area contributed by atoms with Crippen molar-refractivity contribution < 1.29 is 38.7 Å². The molecule has 11 heteroatoms. The first-order chi connectivity index (χ1) is 7.74. The molecule has 0 saturated carbocycles. The molecule has 0 fully saturated rings. The summed E-state index contributed by atoms with van der Waals surface area (Å²) < 4.78 is 85.8. The highest BCUT2D eigenvalue weighted by Gasteiger charge is 2.39. The van der Waals surface area contributed by atoms with E-state index in [1.54, 1.807) is 0 Å². The lowest BCUT2D eigenvalue weighted by molar-refractivity contribution is -0.174. The van der Waals surface area contributed by atoms with Crippen molar-refractivity contribution in [1.82, 2.24) is 0 Å². The summed E-state index contributed by atoms with van der Waals surface area (Å²) in [4.78, 5) is 0. The molecule has 0 amide bonds. The van der Waals surface area contributed by atoms with Crippen LogP contribution in [0.3, 0.4) is 0 Å². The summed E-state index contributed by atoms with van der Waals surface area (Å²) in [6.07, 6.45) is -9.17. The summed E-state index contributed by atoms with van der Waals surface area (Å²) in [5.74, 6) is 0. The van der Waals surface area contributed by atoms with Gasteiger partial charge in [-0.05, 0) is 20.8 Å². The van der Waals surface area contributed by atoms with Gasteiger partial charge in [0.05, 0.1) is 22.5 Å². The van der Waals surface area contributed by atoms with Crippen molar-refractivity contribution in [3.8, 4) is 0 Å². The summed E-state index contributed by atoms with van der Waals surface area (Å²) in [6.45, 7) is 3.55. The quantitative estimate of drug-likeness (QED) is 0.430. The van der Waals surface area contributed by atoms with Crippen LogP contribution in [0.4, 0.5) is 13.2 Å². The van der Waals surface area contributed by atoms with E-state index in [1.165, 1.54) is 20.8 Å². The van der Waals surface area contributed by atoms with Crippen LogP contribution in [-0.2, 0) is 29.8 Å². The Labute approximate surface area is 105 Å². The Bertz CT molecular complexity index is 396. The standard InChI is InChI=1S/C7H13F3O6S2/c1-6(2,3)18(13,14)16-5(15-17(11)12)4-7(8,9)10/h5H,4H2,1-3H3,(H,11,12)/p-1. The van der Waals surface area contributed by atoms with E-state index in [1.807, 2.05) is 0 Å². The zero-order chi connectivity index (χ0) is 14.8. The van der Waals surface area contributed by atoms with Gasteiger partial charge in [0.2, 0.25) is 0 Å². The first kappa shape index (κ1) is 17.8. The van der Waals surface area contributed by atoms with Crippen LogP contribution in [0.15, 0.2) is 0 Å². The normalized spacial score (nSPS) is 17.5. The molecule has 6 nitrogen and oxygen atoms in total. The smallest absolute Gasteiger partial charge is 0.394 e. The van der Waals surface area contributed by atoms with Crippen LogP contribution in [0.25, 0.3) is 0 Å². The Morgan fingerprint density at radius 3 is 2.00 bits per heavy atom. The maximum Gasteiger partial charge on any atom is 0.394 e. The topological polar surface area (TPSA) is 92.7 Å². The van der Waals surface area contributed by atoms with E-state index in [0.717, 1.165) is 0 Å². The molecule has 0 saturated heterocycles. The molecule has 0 rings (SSSR count). The molecular formula is C7H12F3O6S2-. The van der Waals surface area contributed by atoms with Crippen LogP contribution < -0.4 is 0 Å². The van der Waals surface area contributed by atoms with E-state index in [9.17, 15) is 30.4 Å². The second-order valence-electron chi connectivity index (χ2n) is 4.21. The number of hydrogen-bond donors (Lipinski definition) is 0. The van der Waals surface area contributed by atoms with Crippen LogP contribution in [-0.4, -0.2) is 34.4 Å². The molecule has 2 unspecified atom stereocenters. The van der Waals surface area contributed by atoms with Gasteiger partial charge in [-0.1, -0.05) is 0 Å². The van der Waals surface area contributed by atoms with Gasteiger partial charge in [-0.3, -0.25) is 4.18 Å². The minimum Gasteiger partial charge on any atom is -0.750 e. The monoisotopic (exact) mass is 313 g/mol. The predicted molar refractivity (Wildman–Crippen MR) is 54.2 cm³/mol. The predicted octanol–water partition coefficient (Wildman–Crippen LogP) is 1.22. The van der Waals surface area contributed by atoms with Gasteiger partial charge in [0, 0.05) is 0 Å². The SMILES string of the molecule is CC(C)(C)S(=O)(=O)OC(CC(F)(F)F)OS(=O)[O-]. The maximum absolute atomic E-state index is 12.1. The molecule has 110 valence electrons. The average Bonchev–Trinajstić information content (AvgIpc) is 1.94. The molecule has 0 aliphatic rings. The first-order valence-corrected chi connectivity index (χ1v) is 6.91. The second kappa shape index (κ2) is 5.82. The highest BCUT2D eigenvalue weighted by atomic mass is 32.2. The van der Waals surface area contributed by atoms with Crippen molar-refractivity contribution in [2.75, 3.05) is 0 Å². The van der Waals surface area contributed by atoms with Gasteiger partial charge < -0.3 is 4.55 Å². The van der Waals surface area contributed by atoms with E-state index in [4.69, 9.17) is 0 Å². The molecular weight excluding hydrogens is 301 g/mol. The zero-order valence-electron chi connectivity index (χ0n) is 9.68. The van der Waals surface area contributed by atoms with Gasteiger partial charge >= 0.3 is 6.18 Å². The van der Waals surface area contributed by atoms with E-state index < -0.39 is 45.1 Å². The van der Waals surface area contributed by atoms with Crippen LogP contribution in [0.5, 0.6) is 0 Å². The van der Waals surface area contributed by atoms with Crippen molar-refractivity contribution in [2.45, 2.75) is 44.4 Å². The Hall–Kier alpha value is -0.230. The van der Waals surface area contributed by atoms with E-state index in [-0.39, 0.29) is 0 Å². The van der Waals surface area contributed by atoms with Crippen LogP contribution in [0.1, 0.15) is 27.2 Å². The van der Waals surface area contributed by atoms with Crippen molar-refractivity contribution in [1.29, 1.82) is 0 Å². The van der Waals surface area contributed by atoms with Gasteiger partial charge in [-0.2, -0.15) is 21.6 Å². The van der Waals surface area contributed by atoms with Crippen molar-refractivity contribution in [2.24, 2.45) is 0 Å². The highest BCUT2D eigenvalue weighted by Crippen LogP contribution is 2.27. The Kier molecular flexibility index (Phi) is 5.75. The molecule has 0 aromatic rings. The second-order valence-corrected chi connectivity index (χ2v) is 7.14. The Balaban J connectivity index is 4.97. The van der Waals surface area contributed by atoms with Gasteiger partial charge in [0.1, 0.15) is 0 Å². The fraction of sp³-hybridized carbons (Fsp3) is 1.00. The molecule has 2 atom stereocenters. The van der Waals surface area contributed by atoms with Crippen molar-refractivity contribution in [3.63, 3.8) is 0 Å². The molecule has 0 spiro atoms. The number of hydrogen-bond acceptors (Lipinski definition) is 6. The summed E-state index contributed by atoms with van der Waals surface area (Å²) in [5, 5.41) is 0. The van der Waals surface area contributed by atoms with Gasteiger partial charge in [0.15, 0.2) is 6.29 Å². The number of halogens is 3. The fourth-order valence-electron chi connectivity index (χ4n) is 0.646. The zero-order valence-corrected chi connectivity index (χ0v) is 11.3. The third-order valence-corrected chi connectivity index (χ3v) is 3.91. The number of alkyl halides is 3. The van der Waals surface area contributed by atoms with Crippen molar-refractivity contribution >= 4 is 21.5 Å². The van der Waals surface area contributed by atoms with Gasteiger partial charge in [-0.15, -0.1) is 0 Å². The van der Waals surface area contributed by atoms with E-state index >= 15 is 0 Å². The molecule has 0 bridgehead atoms. The number of rotatable bonds is 5. The third-order valence-electron chi connectivity index (χ3n) is 1.57. The molecule has 18 heavy (non-hydrogen) atoms. The molecule has 0 aromatic heterocycles. The minimum atomic E-state index is -4.84. The third kappa shape index (κ3) is 6.64. The van der Waals surface area contributed by atoms with Crippen LogP contribution >= 0.6 is 0 Å². The van der Waals surface area contributed by atoms with E-state index in [2.05, 4.69) is 8.37 Å². The summed E-state index contributed by atoms with van der Waals surface area (Å²) in [5.41, 5.74) is 0. The van der Waals surface area contributed by atoms with Gasteiger partial charge in [0.25, 0.3) is 10.1 Å². The largest absolute Gasteiger partial charge is 0.750 e. The lowest BCUT2D eigenvalue weighted by Crippen LogP contribution is -2.36. The van der Waals surface area contributed by atoms with E-state index in [0.29, 0.717) is 0 Å². The summed E-state index contributed by atoms with van der Waals surface area (Å²) >= 11 is -3.33. The molecule has 0 radical (unpaired) electrons. The van der Waals surface area contributed by atoms with Crippen LogP contribution in [0, 0.1) is 0 Å². The Morgan fingerprint density at radius 1 is 1.28 bits per heavy atom. The van der Waals surface area contributed by atoms with Gasteiger partial charge in [-0.25, -0.2) is 8.39 Å². The molecule has 0 N–H and O–H groups in total. The minimum absolute atomic E-state index is 1.18. The summed E-state index contributed by atoms with van der Waals surface area (Å²) in [7, 11) is -4.41. The molecule has 0 aliphatic heterocycles. The summed E-state index contributed by atoms with van der Waals surface area (Å²) in [6, 6.07) is 0. The first-order valence-electron chi connectivity index (χ1n) is 4.50. The lowest BCUT2D eigenvalue weighted by Gasteiger charge is -2.24. The van der Waals surface area contributed by atoms with Crippen LogP contribution in [0.2, 0.25) is 0 Å². The average molecular weight is 313 g/mol. The maximum atomic E-state index is 12.1. The Morgan fingerprint density at radius 2 is 1.72 bits per heavy atom. The molecule has 0 aliphatic carbocycles. The molecule has 0 heterocycles. The highest BCUT2D eigenvalue weighted by molar-refractivity contribution is 7.88. The fourth-order valence-corrected chi connectivity index (χ4v) is 1.66. The van der Waals surface area contributed by atoms with Crippen molar-refractivity contribution in [3.05, 3.63) is 0 Å². The lowest BCUT2D eigenvalue weighted by atomic mass is 10.3. The molecule has 0 aromatic carbocycles.